The molecule has 6 nitrogen and oxygen atoms in total. The molecule has 1 saturated heterocycles. The van der Waals surface area contributed by atoms with E-state index in [2.05, 4.69) is 16.0 Å². The second kappa shape index (κ2) is 7.91. The summed E-state index contributed by atoms with van der Waals surface area (Å²) in [5.41, 5.74) is 2.27. The van der Waals surface area contributed by atoms with Crippen molar-refractivity contribution in [3.8, 4) is 0 Å². The predicted molar refractivity (Wildman–Crippen MR) is 86.0 cm³/mol. The number of morpholine rings is 1. The number of hydrogen-bond acceptors (Lipinski definition) is 4. The molecule has 1 aliphatic rings. The topological polar surface area (TPSA) is 79.5 Å². The fourth-order valence-corrected chi connectivity index (χ4v) is 2.30. The number of ether oxygens (including phenoxy) is 1. The van der Waals surface area contributed by atoms with Gasteiger partial charge >= 0.3 is 0 Å². The number of carbonyl (C=O) groups is 2. The van der Waals surface area contributed by atoms with E-state index in [4.69, 9.17) is 4.74 Å². The van der Waals surface area contributed by atoms with Crippen LogP contribution in [0.5, 0.6) is 0 Å². The van der Waals surface area contributed by atoms with Crippen molar-refractivity contribution in [2.24, 2.45) is 0 Å². The first kappa shape index (κ1) is 16.5. The van der Waals surface area contributed by atoms with Crippen molar-refractivity contribution < 1.29 is 14.3 Å². The molecule has 120 valence electrons. The molecule has 0 saturated carbocycles. The Kier molecular flexibility index (Phi) is 5.91. The molecule has 1 fully saturated rings. The first-order chi connectivity index (χ1) is 10.6. The van der Waals surface area contributed by atoms with E-state index in [1.54, 1.807) is 0 Å². The van der Waals surface area contributed by atoms with Crippen LogP contribution in [0.15, 0.2) is 18.2 Å². The summed E-state index contributed by atoms with van der Waals surface area (Å²) in [6.07, 6.45) is 1.29. The van der Waals surface area contributed by atoms with E-state index < -0.39 is 0 Å². The molecule has 3 N–H and O–H groups in total. The Morgan fingerprint density at radius 2 is 2.05 bits per heavy atom. The van der Waals surface area contributed by atoms with Gasteiger partial charge in [-0.2, -0.15) is 0 Å². The molecule has 1 aromatic rings. The predicted octanol–water partition coefficient (Wildman–Crippen LogP) is 1.66. The Morgan fingerprint density at radius 1 is 1.32 bits per heavy atom. The van der Waals surface area contributed by atoms with Crippen LogP contribution >= 0.6 is 0 Å². The van der Waals surface area contributed by atoms with Gasteiger partial charge in [0.05, 0.1) is 13.2 Å². The highest BCUT2D eigenvalue weighted by molar-refractivity contribution is 5.98. The lowest BCUT2D eigenvalue weighted by molar-refractivity contribution is -0.120. The molecule has 1 aromatic carbocycles. The van der Waals surface area contributed by atoms with Crippen LogP contribution in [0, 0.1) is 6.92 Å². The van der Waals surface area contributed by atoms with E-state index in [0.29, 0.717) is 31.9 Å². The molecule has 2 amide bonds. The monoisotopic (exact) mass is 305 g/mol. The van der Waals surface area contributed by atoms with Gasteiger partial charge in [0.2, 0.25) is 11.8 Å². The summed E-state index contributed by atoms with van der Waals surface area (Å²) in [5.74, 6) is -0.142. The summed E-state index contributed by atoms with van der Waals surface area (Å²) >= 11 is 0. The van der Waals surface area contributed by atoms with Crippen LogP contribution < -0.4 is 16.0 Å². The minimum Gasteiger partial charge on any atom is -0.378 e. The highest BCUT2D eigenvalue weighted by atomic mass is 16.5. The third-order valence-electron chi connectivity index (χ3n) is 3.58. The van der Waals surface area contributed by atoms with Crippen LogP contribution in [-0.2, 0) is 14.3 Å². The summed E-state index contributed by atoms with van der Waals surface area (Å²) in [7, 11) is 0. The van der Waals surface area contributed by atoms with Crippen molar-refractivity contribution in [2.75, 3.05) is 30.4 Å². The lowest BCUT2D eigenvalue weighted by Crippen LogP contribution is -2.48. The average Bonchev–Trinajstić information content (AvgIpc) is 2.52. The van der Waals surface area contributed by atoms with Gasteiger partial charge in [0.1, 0.15) is 6.04 Å². The van der Waals surface area contributed by atoms with Crippen molar-refractivity contribution in [1.29, 1.82) is 0 Å². The van der Waals surface area contributed by atoms with Gasteiger partial charge in [0, 0.05) is 24.3 Å². The number of nitrogens with one attached hydrogen (secondary N) is 3. The van der Waals surface area contributed by atoms with E-state index in [1.165, 1.54) is 0 Å². The Morgan fingerprint density at radius 3 is 2.68 bits per heavy atom. The molecule has 0 bridgehead atoms. The zero-order chi connectivity index (χ0) is 15.9. The molecular formula is C16H23N3O3. The van der Waals surface area contributed by atoms with Crippen molar-refractivity contribution in [3.05, 3.63) is 23.8 Å². The smallest absolute Gasteiger partial charge is 0.243 e. The molecule has 22 heavy (non-hydrogen) atoms. The van der Waals surface area contributed by atoms with Crippen LogP contribution in [0.2, 0.25) is 0 Å². The standard InChI is InChI=1S/C16H23N3O3/c1-3-5-15(20)18-12-6-4-7-13(11(12)2)19-16(21)14-10-22-9-8-17-14/h4,6-7,14,17H,3,5,8-10H2,1-2H3,(H,18,20)(H,19,21). The SMILES string of the molecule is CCCC(=O)Nc1cccc(NC(=O)C2COCCN2)c1C. The molecule has 0 spiro atoms. The molecule has 1 atom stereocenters. The summed E-state index contributed by atoms with van der Waals surface area (Å²) in [6, 6.07) is 5.13. The molecule has 0 radical (unpaired) electrons. The maximum atomic E-state index is 12.2. The van der Waals surface area contributed by atoms with Crippen LogP contribution in [0.1, 0.15) is 25.3 Å². The van der Waals surface area contributed by atoms with Gasteiger partial charge in [0.15, 0.2) is 0 Å². The third-order valence-corrected chi connectivity index (χ3v) is 3.58. The zero-order valence-electron chi connectivity index (χ0n) is 13.1. The first-order valence-corrected chi connectivity index (χ1v) is 7.63. The highest BCUT2D eigenvalue weighted by Crippen LogP contribution is 2.23. The summed E-state index contributed by atoms with van der Waals surface area (Å²) in [5, 5.41) is 8.88. The number of anilines is 2. The third kappa shape index (κ3) is 4.29. The number of benzene rings is 1. The molecule has 1 unspecified atom stereocenters. The van der Waals surface area contributed by atoms with E-state index in [0.717, 1.165) is 17.7 Å². The molecule has 1 heterocycles. The average molecular weight is 305 g/mol. The minimum absolute atomic E-state index is 0.0172. The van der Waals surface area contributed by atoms with E-state index >= 15 is 0 Å². The van der Waals surface area contributed by atoms with Gasteiger partial charge in [-0.3, -0.25) is 9.59 Å². The number of hydrogen-bond donors (Lipinski definition) is 3. The van der Waals surface area contributed by atoms with Gasteiger partial charge in [-0.05, 0) is 31.0 Å². The quantitative estimate of drug-likeness (QED) is 0.773. The van der Waals surface area contributed by atoms with Crippen LogP contribution in [0.4, 0.5) is 11.4 Å². The number of carbonyl (C=O) groups excluding carboxylic acids is 2. The van der Waals surface area contributed by atoms with Crippen LogP contribution in [0.25, 0.3) is 0 Å². The van der Waals surface area contributed by atoms with Crippen molar-refractivity contribution in [3.63, 3.8) is 0 Å². The zero-order valence-corrected chi connectivity index (χ0v) is 13.1. The lowest BCUT2D eigenvalue weighted by Gasteiger charge is -2.23. The highest BCUT2D eigenvalue weighted by Gasteiger charge is 2.21. The van der Waals surface area contributed by atoms with Crippen LogP contribution in [0.3, 0.4) is 0 Å². The summed E-state index contributed by atoms with van der Waals surface area (Å²) in [6.45, 7) is 5.51. The van der Waals surface area contributed by atoms with Gasteiger partial charge in [-0.25, -0.2) is 0 Å². The van der Waals surface area contributed by atoms with Gasteiger partial charge in [0.25, 0.3) is 0 Å². The minimum atomic E-state index is -0.341. The van der Waals surface area contributed by atoms with Crippen molar-refractivity contribution in [2.45, 2.75) is 32.7 Å². The van der Waals surface area contributed by atoms with E-state index in [9.17, 15) is 9.59 Å². The Labute approximate surface area is 130 Å². The van der Waals surface area contributed by atoms with Crippen LogP contribution in [-0.4, -0.2) is 37.6 Å². The van der Waals surface area contributed by atoms with Crippen molar-refractivity contribution >= 4 is 23.2 Å². The van der Waals surface area contributed by atoms with Gasteiger partial charge in [-0.15, -0.1) is 0 Å². The number of rotatable bonds is 5. The Bertz CT molecular complexity index is 539. The second-order valence-electron chi connectivity index (χ2n) is 5.35. The Hall–Kier alpha value is -1.92. The second-order valence-corrected chi connectivity index (χ2v) is 5.35. The molecule has 6 heteroatoms. The fourth-order valence-electron chi connectivity index (χ4n) is 2.30. The first-order valence-electron chi connectivity index (χ1n) is 7.63. The van der Waals surface area contributed by atoms with E-state index in [1.807, 2.05) is 32.0 Å². The van der Waals surface area contributed by atoms with Gasteiger partial charge < -0.3 is 20.7 Å². The van der Waals surface area contributed by atoms with Crippen molar-refractivity contribution in [1.82, 2.24) is 5.32 Å². The largest absolute Gasteiger partial charge is 0.378 e. The normalized spacial score (nSPS) is 17.8. The lowest BCUT2D eigenvalue weighted by atomic mass is 10.1. The van der Waals surface area contributed by atoms with E-state index in [-0.39, 0.29) is 17.9 Å². The maximum absolute atomic E-state index is 12.2. The Balaban J connectivity index is 2.04. The van der Waals surface area contributed by atoms with Gasteiger partial charge in [-0.1, -0.05) is 13.0 Å². The molecule has 0 aliphatic carbocycles. The maximum Gasteiger partial charge on any atom is 0.243 e. The molecule has 0 aromatic heterocycles. The molecule has 1 aliphatic heterocycles. The number of amides is 2. The summed E-state index contributed by atoms with van der Waals surface area (Å²) < 4.78 is 5.29. The molecule has 2 rings (SSSR count). The molecular weight excluding hydrogens is 282 g/mol. The fraction of sp³-hybridized carbons (Fsp3) is 0.500. The summed E-state index contributed by atoms with van der Waals surface area (Å²) in [4.78, 5) is 23.9.